The maximum absolute atomic E-state index is 11.4. The van der Waals surface area contributed by atoms with Gasteiger partial charge in [-0.15, -0.1) is 0 Å². The third kappa shape index (κ3) is 5.11. The normalized spacial score (nSPS) is 18.7. The molecule has 31 heavy (non-hydrogen) atoms. The lowest BCUT2D eigenvalue weighted by atomic mass is 9.86. The van der Waals surface area contributed by atoms with Crippen LogP contribution in [0.1, 0.15) is 31.2 Å². The van der Waals surface area contributed by atoms with Crippen molar-refractivity contribution in [1.82, 2.24) is 20.3 Å². The number of benzene rings is 1. The van der Waals surface area contributed by atoms with Crippen LogP contribution in [0.4, 0.5) is 17.5 Å². The summed E-state index contributed by atoms with van der Waals surface area (Å²) in [4.78, 5) is 22.8. The molecule has 9 nitrogen and oxygen atoms in total. The molecule has 4 N–H and O–H groups in total. The van der Waals surface area contributed by atoms with Crippen molar-refractivity contribution >= 4 is 28.4 Å². The minimum Gasteiger partial charge on any atom is -0.364 e. The van der Waals surface area contributed by atoms with E-state index in [-0.39, 0.29) is 11.5 Å². The second-order valence-electron chi connectivity index (χ2n) is 8.11. The Bertz CT molecular complexity index is 1030. The van der Waals surface area contributed by atoms with Crippen molar-refractivity contribution in [1.29, 1.82) is 0 Å². The molecule has 1 aliphatic rings. The largest absolute Gasteiger partial charge is 0.364 e. The Morgan fingerprint density at radius 1 is 1.19 bits per heavy atom. The van der Waals surface area contributed by atoms with Crippen LogP contribution in [-0.4, -0.2) is 46.1 Å². The summed E-state index contributed by atoms with van der Waals surface area (Å²) in [5.74, 6) is 1.18. The Morgan fingerprint density at radius 2 is 2.00 bits per heavy atom. The lowest BCUT2D eigenvalue weighted by molar-refractivity contribution is -0.384. The first-order chi connectivity index (χ1) is 15.1. The van der Waals surface area contributed by atoms with Gasteiger partial charge in [-0.2, -0.15) is 4.98 Å². The molecule has 9 heteroatoms. The van der Waals surface area contributed by atoms with Gasteiger partial charge in [0.25, 0.3) is 0 Å². The lowest BCUT2D eigenvalue weighted by Crippen LogP contribution is -2.32. The molecular formula is C22H29N7O2. The number of H-pyrrole nitrogens is 1. The van der Waals surface area contributed by atoms with E-state index >= 15 is 0 Å². The second kappa shape index (κ2) is 9.74. The fraction of sp³-hybridized carbons (Fsp3) is 0.455. The van der Waals surface area contributed by atoms with E-state index in [4.69, 9.17) is 0 Å². The fourth-order valence-corrected chi connectivity index (χ4v) is 4.27. The van der Waals surface area contributed by atoms with Crippen LogP contribution in [-0.2, 0) is 6.42 Å². The number of aromatic nitrogens is 3. The number of para-hydroxylation sites is 1. The molecule has 4 rings (SSSR count). The van der Waals surface area contributed by atoms with Crippen LogP contribution in [0.15, 0.2) is 36.7 Å². The predicted octanol–water partition coefficient (Wildman–Crippen LogP) is 3.71. The maximum Gasteiger partial charge on any atom is 0.329 e. The van der Waals surface area contributed by atoms with Crippen molar-refractivity contribution in [2.75, 3.05) is 30.8 Å². The maximum atomic E-state index is 11.4. The molecule has 2 heterocycles. The molecule has 3 aromatic rings. The molecule has 2 aromatic heterocycles. The highest BCUT2D eigenvalue weighted by Gasteiger charge is 2.22. The quantitative estimate of drug-likeness (QED) is 0.306. The zero-order valence-corrected chi connectivity index (χ0v) is 17.7. The van der Waals surface area contributed by atoms with Crippen molar-refractivity contribution in [3.8, 4) is 0 Å². The molecule has 0 bridgehead atoms. The van der Waals surface area contributed by atoms with E-state index in [0.717, 1.165) is 37.6 Å². The number of nitro groups is 1. The molecule has 1 aromatic carbocycles. The average molecular weight is 424 g/mol. The van der Waals surface area contributed by atoms with Crippen molar-refractivity contribution in [3.63, 3.8) is 0 Å². The van der Waals surface area contributed by atoms with Gasteiger partial charge in [0.2, 0.25) is 11.8 Å². The fourth-order valence-electron chi connectivity index (χ4n) is 4.27. The molecule has 0 radical (unpaired) electrons. The third-order valence-electron chi connectivity index (χ3n) is 6.13. The van der Waals surface area contributed by atoms with Crippen LogP contribution < -0.4 is 16.0 Å². The van der Waals surface area contributed by atoms with Crippen molar-refractivity contribution in [3.05, 3.63) is 52.3 Å². The molecule has 0 unspecified atom stereocenters. The SMILES string of the molecule is CNC1CCC(CNc2nc(NCCc3c[nH]c4ccccc34)ncc2[N+](=O)[O-])CC1. The van der Waals surface area contributed by atoms with Crippen LogP contribution in [0.2, 0.25) is 0 Å². The molecule has 0 spiro atoms. The van der Waals surface area contributed by atoms with Crippen molar-refractivity contribution in [2.45, 2.75) is 38.1 Å². The summed E-state index contributed by atoms with van der Waals surface area (Å²) in [5.41, 5.74) is 2.23. The van der Waals surface area contributed by atoms with E-state index in [1.54, 1.807) is 0 Å². The Kier molecular flexibility index (Phi) is 6.61. The van der Waals surface area contributed by atoms with Gasteiger partial charge in [0.05, 0.1) is 4.92 Å². The monoisotopic (exact) mass is 423 g/mol. The van der Waals surface area contributed by atoms with Gasteiger partial charge in [-0.25, -0.2) is 4.98 Å². The van der Waals surface area contributed by atoms with Crippen LogP contribution in [0, 0.1) is 16.0 Å². The zero-order valence-electron chi connectivity index (χ0n) is 17.7. The molecule has 1 fully saturated rings. The number of nitrogens with zero attached hydrogens (tertiary/aromatic N) is 3. The summed E-state index contributed by atoms with van der Waals surface area (Å²) in [5, 5.41) is 22.3. The minimum atomic E-state index is -0.435. The minimum absolute atomic E-state index is 0.0916. The van der Waals surface area contributed by atoms with Gasteiger partial charge in [0, 0.05) is 36.2 Å². The predicted molar refractivity (Wildman–Crippen MR) is 122 cm³/mol. The van der Waals surface area contributed by atoms with Crippen LogP contribution in [0.5, 0.6) is 0 Å². The highest BCUT2D eigenvalue weighted by Crippen LogP contribution is 2.27. The number of rotatable bonds is 9. The molecule has 0 saturated heterocycles. The van der Waals surface area contributed by atoms with E-state index < -0.39 is 4.92 Å². The number of hydrogen-bond acceptors (Lipinski definition) is 7. The number of nitrogens with one attached hydrogen (secondary N) is 4. The molecule has 164 valence electrons. The number of anilines is 2. The smallest absolute Gasteiger partial charge is 0.329 e. The van der Waals surface area contributed by atoms with E-state index in [1.165, 1.54) is 17.1 Å². The lowest BCUT2D eigenvalue weighted by Gasteiger charge is -2.28. The Hall–Kier alpha value is -3.20. The molecule has 0 aliphatic heterocycles. The molecule has 0 atom stereocenters. The highest BCUT2D eigenvalue weighted by molar-refractivity contribution is 5.83. The highest BCUT2D eigenvalue weighted by atomic mass is 16.6. The van der Waals surface area contributed by atoms with E-state index in [0.29, 0.717) is 31.0 Å². The van der Waals surface area contributed by atoms with Gasteiger partial charge in [0.15, 0.2) is 0 Å². The number of fused-ring (bicyclic) bond motifs is 1. The molecule has 1 aliphatic carbocycles. The van der Waals surface area contributed by atoms with Crippen molar-refractivity contribution in [2.24, 2.45) is 5.92 Å². The molecule has 0 amide bonds. The van der Waals surface area contributed by atoms with Gasteiger partial charge >= 0.3 is 5.69 Å². The van der Waals surface area contributed by atoms with Gasteiger partial charge in [-0.1, -0.05) is 18.2 Å². The zero-order chi connectivity index (χ0) is 21.6. The summed E-state index contributed by atoms with van der Waals surface area (Å²) in [6.07, 6.45) is 8.56. The Balaban J connectivity index is 1.36. The van der Waals surface area contributed by atoms with Crippen molar-refractivity contribution < 1.29 is 4.92 Å². The van der Waals surface area contributed by atoms with Crippen LogP contribution in [0.25, 0.3) is 10.9 Å². The van der Waals surface area contributed by atoms with Gasteiger partial charge < -0.3 is 20.9 Å². The molecular weight excluding hydrogens is 394 g/mol. The summed E-state index contributed by atoms with van der Waals surface area (Å²) in [6.45, 7) is 1.32. The molecule has 1 saturated carbocycles. The summed E-state index contributed by atoms with van der Waals surface area (Å²) < 4.78 is 0. The number of hydrogen-bond donors (Lipinski definition) is 4. The van der Waals surface area contributed by atoms with Gasteiger partial charge in [-0.05, 0) is 56.7 Å². The van der Waals surface area contributed by atoms with Crippen LogP contribution in [0.3, 0.4) is 0 Å². The van der Waals surface area contributed by atoms with E-state index in [2.05, 4.69) is 43.0 Å². The first-order valence-electron chi connectivity index (χ1n) is 10.9. The van der Waals surface area contributed by atoms with Gasteiger partial charge in [0.1, 0.15) is 6.20 Å². The summed E-state index contributed by atoms with van der Waals surface area (Å²) in [6, 6.07) is 8.75. The van der Waals surface area contributed by atoms with E-state index in [1.807, 2.05) is 25.4 Å². The second-order valence-corrected chi connectivity index (χ2v) is 8.11. The van der Waals surface area contributed by atoms with Gasteiger partial charge in [-0.3, -0.25) is 10.1 Å². The standard InChI is InChI=1S/C22H29N7O2/c1-23-17-8-6-15(7-9-17)12-26-21-20(29(30)31)14-27-22(28-21)24-11-10-16-13-25-19-5-3-2-4-18(16)19/h2-5,13-15,17,23,25H,6-12H2,1H3,(H2,24,26,27,28). The average Bonchev–Trinajstić information content (AvgIpc) is 3.21. The first-order valence-corrected chi connectivity index (χ1v) is 10.9. The number of aromatic amines is 1. The van der Waals surface area contributed by atoms with E-state index in [9.17, 15) is 10.1 Å². The van der Waals surface area contributed by atoms with Crippen LogP contribution >= 0.6 is 0 Å². The Morgan fingerprint density at radius 3 is 2.77 bits per heavy atom. The third-order valence-corrected chi connectivity index (χ3v) is 6.13. The topological polar surface area (TPSA) is 121 Å². The summed E-state index contributed by atoms with van der Waals surface area (Å²) >= 11 is 0. The Labute approximate surface area is 181 Å². The summed E-state index contributed by atoms with van der Waals surface area (Å²) in [7, 11) is 2.00. The first kappa shape index (κ1) is 21.0.